The van der Waals surface area contributed by atoms with E-state index in [0.29, 0.717) is 10.7 Å². The molecule has 2 saturated carbocycles. The van der Waals surface area contributed by atoms with E-state index in [1.54, 1.807) is 6.07 Å². The Kier molecular flexibility index (Phi) is 6.42. The molecule has 7 nitrogen and oxygen atoms in total. The van der Waals surface area contributed by atoms with Crippen LogP contribution in [0, 0.1) is 23.7 Å². The number of likely N-dealkylation sites (tertiary alicyclic amines) is 1. The van der Waals surface area contributed by atoms with E-state index in [4.69, 9.17) is 27.9 Å². The molecule has 1 aromatic rings. The second kappa shape index (κ2) is 8.65. The van der Waals surface area contributed by atoms with Gasteiger partial charge in [0.25, 0.3) is 5.91 Å². The third-order valence-corrected chi connectivity index (χ3v) is 10.1. The van der Waals surface area contributed by atoms with Gasteiger partial charge in [-0.2, -0.15) is 0 Å². The minimum Gasteiger partial charge on any atom is -0.454 e. The number of hydrogen-bond donors (Lipinski definition) is 1. The van der Waals surface area contributed by atoms with E-state index in [1.165, 1.54) is 19.1 Å². The van der Waals surface area contributed by atoms with E-state index < -0.39 is 36.4 Å². The maximum Gasteiger partial charge on any atom is 0.329 e. The maximum atomic E-state index is 13.0. The number of fused-ring (bicyclic) bond motifs is 5. The summed E-state index contributed by atoms with van der Waals surface area (Å²) < 4.78 is 5.06. The lowest BCUT2D eigenvalue weighted by atomic mass is 9.81. The van der Waals surface area contributed by atoms with Crippen LogP contribution in [0.3, 0.4) is 0 Å². The molecular weight excluding hydrogens is 579 g/mol. The molecule has 166 valence electrons. The molecule has 7 atom stereocenters. The molecule has 3 fully saturated rings. The number of nitrogens with one attached hydrogen (secondary N) is 1. The Morgan fingerprint density at radius 2 is 1.74 bits per heavy atom. The predicted octanol–water partition coefficient (Wildman–Crippen LogP) is 3.64. The summed E-state index contributed by atoms with van der Waals surface area (Å²) in [5.41, 5.74) is 0.321. The number of nitrogens with zero attached hydrogens (tertiary/aromatic N) is 1. The summed E-state index contributed by atoms with van der Waals surface area (Å²) in [5, 5.41) is 3.17. The van der Waals surface area contributed by atoms with Crippen molar-refractivity contribution in [1.29, 1.82) is 0 Å². The van der Waals surface area contributed by atoms with Crippen LogP contribution >= 0.6 is 55.1 Å². The van der Waals surface area contributed by atoms with Gasteiger partial charge in [-0.1, -0.05) is 55.1 Å². The van der Waals surface area contributed by atoms with Crippen molar-refractivity contribution in [2.45, 2.75) is 29.0 Å². The Bertz CT molecular complexity index is 945. The quantitative estimate of drug-likeness (QED) is 0.318. The van der Waals surface area contributed by atoms with Gasteiger partial charge in [-0.3, -0.25) is 19.3 Å². The average molecular weight is 597 g/mol. The summed E-state index contributed by atoms with van der Waals surface area (Å²) in [5.74, 6) is -2.83. The number of esters is 1. The number of hydrogen-bond acceptors (Lipinski definition) is 5. The van der Waals surface area contributed by atoms with Crippen molar-refractivity contribution in [1.82, 2.24) is 4.90 Å². The van der Waals surface area contributed by atoms with E-state index in [1.807, 2.05) is 0 Å². The molecule has 3 amide bonds. The third kappa shape index (κ3) is 3.92. The second-order valence-electron chi connectivity index (χ2n) is 8.01. The lowest BCUT2D eigenvalue weighted by Crippen LogP contribution is -2.45. The molecule has 1 N–H and O–H groups in total. The van der Waals surface area contributed by atoms with Crippen LogP contribution in [0.15, 0.2) is 18.2 Å². The van der Waals surface area contributed by atoms with E-state index >= 15 is 0 Å². The smallest absolute Gasteiger partial charge is 0.329 e. The van der Waals surface area contributed by atoms with E-state index in [-0.39, 0.29) is 38.3 Å². The van der Waals surface area contributed by atoms with Gasteiger partial charge in [-0.25, -0.2) is 4.79 Å². The van der Waals surface area contributed by atoms with Gasteiger partial charge in [0.05, 0.1) is 22.5 Å². The van der Waals surface area contributed by atoms with Gasteiger partial charge < -0.3 is 10.1 Å². The van der Waals surface area contributed by atoms with Crippen LogP contribution in [0.2, 0.25) is 10.0 Å². The Labute approximate surface area is 205 Å². The van der Waals surface area contributed by atoms with Crippen LogP contribution in [-0.4, -0.2) is 50.9 Å². The van der Waals surface area contributed by atoms with Gasteiger partial charge in [0.15, 0.2) is 6.61 Å². The lowest BCUT2D eigenvalue weighted by molar-refractivity contribution is -0.159. The molecule has 2 bridgehead atoms. The average Bonchev–Trinajstić information content (AvgIpc) is 3.32. The highest BCUT2D eigenvalue weighted by Crippen LogP contribution is 2.60. The highest BCUT2D eigenvalue weighted by Gasteiger charge is 2.67. The summed E-state index contributed by atoms with van der Waals surface area (Å²) in [7, 11) is 0. The summed E-state index contributed by atoms with van der Waals surface area (Å²) in [6.07, 6.45) is 0.804. The minimum absolute atomic E-state index is 0.0546. The summed E-state index contributed by atoms with van der Waals surface area (Å²) in [6, 6.07) is 3.44. The number of ether oxygens (including phenoxy) is 1. The van der Waals surface area contributed by atoms with Crippen molar-refractivity contribution in [3.05, 3.63) is 28.2 Å². The topological polar surface area (TPSA) is 92.8 Å². The fourth-order valence-corrected chi connectivity index (χ4v) is 7.22. The molecule has 31 heavy (non-hydrogen) atoms. The lowest BCUT2D eigenvalue weighted by Gasteiger charge is -2.28. The van der Waals surface area contributed by atoms with Crippen molar-refractivity contribution < 1.29 is 23.9 Å². The molecule has 1 aliphatic heterocycles. The zero-order valence-corrected chi connectivity index (χ0v) is 20.9. The van der Waals surface area contributed by atoms with Crippen molar-refractivity contribution in [2.24, 2.45) is 23.7 Å². The van der Waals surface area contributed by atoms with E-state index in [0.717, 1.165) is 11.3 Å². The first-order valence-corrected chi connectivity index (χ1v) is 12.3. The Hall–Kier alpha value is -1.16. The van der Waals surface area contributed by atoms with Crippen molar-refractivity contribution >= 4 is 84.4 Å². The number of amides is 3. The third-order valence-electron chi connectivity index (χ3n) is 6.30. The van der Waals surface area contributed by atoms with Crippen molar-refractivity contribution in [3.63, 3.8) is 0 Å². The number of anilines is 1. The van der Waals surface area contributed by atoms with Crippen molar-refractivity contribution in [2.75, 3.05) is 11.9 Å². The van der Waals surface area contributed by atoms with Crippen LogP contribution in [0.5, 0.6) is 0 Å². The normalized spacial score (nSPS) is 32.2. The van der Waals surface area contributed by atoms with Gasteiger partial charge in [-0.15, -0.1) is 0 Å². The van der Waals surface area contributed by atoms with Crippen LogP contribution in [-0.2, 0) is 23.9 Å². The highest BCUT2D eigenvalue weighted by atomic mass is 79.9. The molecule has 3 aliphatic rings. The van der Waals surface area contributed by atoms with Gasteiger partial charge in [-0.05, 0) is 43.4 Å². The molecule has 2 aliphatic carbocycles. The molecule has 0 unspecified atom stereocenters. The molecule has 0 spiro atoms. The number of carbonyl (C=O) groups is 4. The van der Waals surface area contributed by atoms with Crippen molar-refractivity contribution in [3.8, 4) is 0 Å². The number of alkyl halides is 2. The summed E-state index contributed by atoms with van der Waals surface area (Å²) in [6.45, 7) is 0.857. The Morgan fingerprint density at radius 1 is 1.16 bits per heavy atom. The second-order valence-corrected chi connectivity index (χ2v) is 11.0. The molecule has 1 heterocycles. The fourth-order valence-electron chi connectivity index (χ4n) is 4.89. The van der Waals surface area contributed by atoms with Gasteiger partial charge in [0, 0.05) is 14.7 Å². The van der Waals surface area contributed by atoms with Crippen LogP contribution in [0.4, 0.5) is 5.69 Å². The molecule has 0 aromatic heterocycles. The Balaban J connectivity index is 1.37. The first kappa shape index (κ1) is 23.0. The van der Waals surface area contributed by atoms with Crippen LogP contribution < -0.4 is 5.32 Å². The summed E-state index contributed by atoms with van der Waals surface area (Å²) in [4.78, 5) is 51.8. The number of halogens is 4. The van der Waals surface area contributed by atoms with Crippen LogP contribution in [0.1, 0.15) is 13.3 Å². The molecular formula is C20H18Br2Cl2N2O5. The van der Waals surface area contributed by atoms with E-state index in [2.05, 4.69) is 37.2 Å². The molecule has 1 saturated heterocycles. The number of imide groups is 1. The highest BCUT2D eigenvalue weighted by molar-refractivity contribution is 9.12. The molecule has 4 rings (SSSR count). The van der Waals surface area contributed by atoms with E-state index in [9.17, 15) is 19.2 Å². The standard InChI is InChI=1S/C20H18Br2Cl2N2O5/c1-7(20(30)31-6-13(27)25-12-3-2-8(23)4-11(12)24)26-18(28)14-9-5-10(15(14)19(26)29)17(22)16(9)21/h2-4,7,9-10,14-17H,5-6H2,1H3,(H,25,27)/t7-,9-,10-,14-,15+,16+,17+/m1/s1. The molecule has 1 aromatic carbocycles. The Morgan fingerprint density at radius 3 is 2.29 bits per heavy atom. The number of carbonyl (C=O) groups excluding carboxylic acids is 4. The zero-order valence-electron chi connectivity index (χ0n) is 16.2. The molecule has 0 radical (unpaired) electrons. The number of benzene rings is 1. The largest absolute Gasteiger partial charge is 0.454 e. The zero-order chi connectivity index (χ0) is 22.6. The monoisotopic (exact) mass is 594 g/mol. The first-order chi connectivity index (χ1) is 14.6. The number of rotatable bonds is 5. The van der Waals surface area contributed by atoms with Gasteiger partial charge in [0.2, 0.25) is 11.8 Å². The molecule has 11 heteroatoms. The van der Waals surface area contributed by atoms with Gasteiger partial charge in [0.1, 0.15) is 6.04 Å². The fraction of sp³-hybridized carbons (Fsp3) is 0.500. The maximum absolute atomic E-state index is 13.0. The van der Waals surface area contributed by atoms with Crippen LogP contribution in [0.25, 0.3) is 0 Å². The predicted molar refractivity (Wildman–Crippen MR) is 121 cm³/mol. The van der Waals surface area contributed by atoms with Gasteiger partial charge >= 0.3 is 5.97 Å². The summed E-state index contributed by atoms with van der Waals surface area (Å²) >= 11 is 19.1. The SMILES string of the molecule is C[C@H](C(=O)OCC(=O)Nc1ccc(Cl)cc1Cl)N1C(=O)[C@@H]2[C@H]3C[C@@H]([C@H](Br)[C@H]3Br)[C@@H]2C1=O. The first-order valence-electron chi connectivity index (χ1n) is 9.68. The minimum atomic E-state index is -1.11.